The van der Waals surface area contributed by atoms with Crippen molar-refractivity contribution in [2.45, 2.75) is 36.8 Å². The van der Waals surface area contributed by atoms with Crippen LogP contribution in [0.5, 0.6) is 0 Å². The lowest BCUT2D eigenvalue weighted by Crippen LogP contribution is -2.13. The molecular weight excluding hydrogens is 282 g/mol. The molecule has 0 aromatic heterocycles. The van der Waals surface area contributed by atoms with Gasteiger partial charge in [-0.2, -0.15) is 5.26 Å². The summed E-state index contributed by atoms with van der Waals surface area (Å²) < 4.78 is 1.08. The summed E-state index contributed by atoms with van der Waals surface area (Å²) in [6.45, 7) is 4.31. The molecule has 1 aromatic rings. The fraction of sp³-hybridized carbons (Fsp3) is 0.462. The quantitative estimate of drug-likeness (QED) is 0.724. The molecule has 0 fully saturated rings. The van der Waals surface area contributed by atoms with Crippen LogP contribution in [0.2, 0.25) is 0 Å². The number of thioether (sulfide) groups is 1. The highest BCUT2D eigenvalue weighted by Gasteiger charge is 2.18. The van der Waals surface area contributed by atoms with E-state index >= 15 is 0 Å². The maximum atomic E-state index is 9.19. The zero-order chi connectivity index (χ0) is 12.0. The molecule has 1 aromatic carbocycles. The van der Waals surface area contributed by atoms with E-state index in [9.17, 15) is 5.26 Å². The Balaban J connectivity index is 2.70. The average Bonchev–Trinajstić information content (AvgIpc) is 2.32. The second kappa shape index (κ2) is 6.98. The molecule has 1 rings (SSSR count). The third-order valence-electron chi connectivity index (χ3n) is 2.68. The highest BCUT2D eigenvalue weighted by atomic mass is 79.9. The van der Waals surface area contributed by atoms with Gasteiger partial charge >= 0.3 is 0 Å². The average molecular weight is 298 g/mol. The smallest absolute Gasteiger partial charge is 0.0991 e. The molecule has 86 valence electrons. The maximum Gasteiger partial charge on any atom is 0.0991 e. The molecule has 0 aliphatic rings. The monoisotopic (exact) mass is 297 g/mol. The van der Waals surface area contributed by atoms with E-state index in [1.807, 2.05) is 12.1 Å². The summed E-state index contributed by atoms with van der Waals surface area (Å²) >= 11 is 5.08. The van der Waals surface area contributed by atoms with Crippen molar-refractivity contribution in [2.24, 2.45) is 5.92 Å². The number of halogens is 1. The fourth-order valence-corrected chi connectivity index (χ4v) is 3.09. The van der Waals surface area contributed by atoms with Gasteiger partial charge in [0, 0.05) is 9.37 Å². The molecule has 0 spiro atoms. The van der Waals surface area contributed by atoms with Crippen LogP contribution >= 0.6 is 27.7 Å². The lowest BCUT2D eigenvalue weighted by atomic mass is 10.0. The van der Waals surface area contributed by atoms with E-state index < -0.39 is 0 Å². The fourth-order valence-electron chi connectivity index (χ4n) is 1.60. The number of rotatable bonds is 5. The van der Waals surface area contributed by atoms with E-state index in [1.165, 1.54) is 4.90 Å². The second-order valence-corrected chi connectivity index (χ2v) is 5.83. The van der Waals surface area contributed by atoms with Crippen LogP contribution in [0.25, 0.3) is 0 Å². The van der Waals surface area contributed by atoms with Gasteiger partial charge in [0.05, 0.1) is 11.3 Å². The van der Waals surface area contributed by atoms with Crippen LogP contribution in [0.1, 0.15) is 26.7 Å². The van der Waals surface area contributed by atoms with E-state index in [2.05, 4.69) is 48.0 Å². The van der Waals surface area contributed by atoms with Crippen LogP contribution in [0.15, 0.2) is 33.6 Å². The van der Waals surface area contributed by atoms with Crippen LogP contribution in [-0.2, 0) is 0 Å². The predicted molar refractivity (Wildman–Crippen MR) is 73.5 cm³/mol. The summed E-state index contributed by atoms with van der Waals surface area (Å²) in [5.74, 6) is 0.485. The van der Waals surface area contributed by atoms with E-state index in [0.717, 1.165) is 17.3 Å². The third kappa shape index (κ3) is 3.84. The first kappa shape index (κ1) is 13.6. The largest absolute Gasteiger partial charge is 0.197 e. The van der Waals surface area contributed by atoms with E-state index in [0.29, 0.717) is 5.92 Å². The Morgan fingerprint density at radius 2 is 1.81 bits per heavy atom. The molecule has 0 saturated heterocycles. The molecule has 16 heavy (non-hydrogen) atoms. The molecule has 0 bridgehead atoms. The van der Waals surface area contributed by atoms with E-state index in [1.54, 1.807) is 11.8 Å². The molecular formula is C13H16BrNS. The molecule has 3 heteroatoms. The van der Waals surface area contributed by atoms with Crippen LogP contribution in [0, 0.1) is 17.2 Å². The van der Waals surface area contributed by atoms with E-state index in [-0.39, 0.29) is 5.25 Å². The first-order valence-corrected chi connectivity index (χ1v) is 7.20. The van der Waals surface area contributed by atoms with Gasteiger partial charge < -0.3 is 0 Å². The molecule has 0 heterocycles. The van der Waals surface area contributed by atoms with Crippen LogP contribution in [-0.4, -0.2) is 5.25 Å². The Morgan fingerprint density at radius 3 is 2.25 bits per heavy atom. The minimum atomic E-state index is 0.0659. The zero-order valence-corrected chi connectivity index (χ0v) is 12.0. The van der Waals surface area contributed by atoms with Gasteiger partial charge in [0.1, 0.15) is 0 Å². The number of nitriles is 1. The van der Waals surface area contributed by atoms with Crippen molar-refractivity contribution in [3.8, 4) is 6.07 Å². The Morgan fingerprint density at radius 1 is 1.25 bits per heavy atom. The molecule has 1 nitrogen and oxygen atoms in total. The summed E-state index contributed by atoms with van der Waals surface area (Å²) in [4.78, 5) is 1.17. The SMILES string of the molecule is CCC(CC)C(C#N)Sc1ccc(Br)cc1. The van der Waals surface area contributed by atoms with Crippen molar-refractivity contribution in [3.63, 3.8) is 0 Å². The van der Waals surface area contributed by atoms with Gasteiger partial charge in [-0.15, -0.1) is 11.8 Å². The van der Waals surface area contributed by atoms with Crippen LogP contribution in [0.4, 0.5) is 0 Å². The summed E-state index contributed by atoms with van der Waals surface area (Å²) in [6, 6.07) is 10.6. The van der Waals surface area contributed by atoms with Gasteiger partial charge in [-0.1, -0.05) is 42.6 Å². The van der Waals surface area contributed by atoms with Crippen LogP contribution in [0.3, 0.4) is 0 Å². The van der Waals surface area contributed by atoms with Crippen LogP contribution < -0.4 is 0 Å². The Hall–Kier alpha value is -0.460. The maximum absolute atomic E-state index is 9.19. The predicted octanol–water partition coefficient (Wildman–Crippen LogP) is 4.87. The Kier molecular flexibility index (Phi) is 5.94. The van der Waals surface area contributed by atoms with Crippen molar-refractivity contribution < 1.29 is 0 Å². The Bertz CT molecular complexity index is 351. The molecule has 0 aliphatic carbocycles. The molecule has 0 radical (unpaired) electrons. The third-order valence-corrected chi connectivity index (χ3v) is 4.50. The van der Waals surface area contributed by atoms with Crippen molar-refractivity contribution in [2.75, 3.05) is 0 Å². The van der Waals surface area contributed by atoms with E-state index in [4.69, 9.17) is 0 Å². The van der Waals surface area contributed by atoms with Gasteiger partial charge in [0.25, 0.3) is 0 Å². The second-order valence-electron chi connectivity index (χ2n) is 3.70. The van der Waals surface area contributed by atoms with Gasteiger partial charge in [-0.25, -0.2) is 0 Å². The molecule has 1 atom stereocenters. The van der Waals surface area contributed by atoms with Crippen molar-refractivity contribution in [1.29, 1.82) is 5.26 Å². The molecule has 1 unspecified atom stereocenters. The molecule has 0 saturated carbocycles. The highest BCUT2D eigenvalue weighted by molar-refractivity contribution is 9.10. The summed E-state index contributed by atoms with van der Waals surface area (Å²) in [6.07, 6.45) is 2.14. The topological polar surface area (TPSA) is 23.8 Å². The van der Waals surface area contributed by atoms with Gasteiger partial charge in [0.15, 0.2) is 0 Å². The van der Waals surface area contributed by atoms with Gasteiger partial charge in [-0.3, -0.25) is 0 Å². The zero-order valence-electron chi connectivity index (χ0n) is 9.61. The van der Waals surface area contributed by atoms with Crippen molar-refractivity contribution >= 4 is 27.7 Å². The number of hydrogen-bond acceptors (Lipinski definition) is 2. The lowest BCUT2D eigenvalue weighted by Gasteiger charge is -2.18. The number of nitrogens with zero attached hydrogens (tertiary/aromatic N) is 1. The first-order valence-electron chi connectivity index (χ1n) is 5.53. The summed E-state index contributed by atoms with van der Waals surface area (Å²) in [7, 11) is 0. The standard InChI is InChI=1S/C13H16BrNS/c1-3-10(4-2)13(9-15)16-12-7-5-11(14)6-8-12/h5-8,10,13H,3-4H2,1-2H3. The number of hydrogen-bond donors (Lipinski definition) is 0. The molecule has 0 amide bonds. The first-order chi connectivity index (χ1) is 7.71. The lowest BCUT2D eigenvalue weighted by molar-refractivity contribution is 0.514. The van der Waals surface area contributed by atoms with Gasteiger partial charge in [0.2, 0.25) is 0 Å². The summed E-state index contributed by atoms with van der Waals surface area (Å²) in [5, 5.41) is 9.26. The Labute approximate surface area is 110 Å². The highest BCUT2D eigenvalue weighted by Crippen LogP contribution is 2.31. The normalized spacial score (nSPS) is 12.4. The minimum Gasteiger partial charge on any atom is -0.197 e. The number of benzene rings is 1. The van der Waals surface area contributed by atoms with Gasteiger partial charge in [-0.05, 0) is 30.2 Å². The minimum absolute atomic E-state index is 0.0659. The van der Waals surface area contributed by atoms with Crippen molar-refractivity contribution in [3.05, 3.63) is 28.7 Å². The molecule has 0 aliphatic heterocycles. The summed E-state index contributed by atoms with van der Waals surface area (Å²) in [5.41, 5.74) is 0. The van der Waals surface area contributed by atoms with Crippen molar-refractivity contribution in [1.82, 2.24) is 0 Å². The molecule has 0 N–H and O–H groups in total.